The lowest BCUT2D eigenvalue weighted by atomic mass is 9.94. The fraction of sp³-hybridized carbons (Fsp3) is 0.304. The van der Waals surface area contributed by atoms with E-state index < -0.39 is 6.10 Å². The standard InChI is InChI=1S/C23H23ClN4O3S/c1-14-20(10-27-22(29)21-11-25-13-32-21)19-6-7-28(12-16(19)9-26-14)23(30)15(2)31-18-5-3-4-17(24)8-18/h3-5,8-9,11,13,15H,6-7,10,12H2,1-2H3,(H,27,29). The molecule has 2 amide bonds. The highest BCUT2D eigenvalue weighted by Crippen LogP contribution is 2.25. The first-order valence-corrected chi connectivity index (χ1v) is 11.5. The summed E-state index contributed by atoms with van der Waals surface area (Å²) < 4.78 is 5.80. The van der Waals surface area contributed by atoms with Crippen molar-refractivity contribution in [3.05, 3.63) is 74.5 Å². The van der Waals surface area contributed by atoms with Crippen molar-refractivity contribution >= 4 is 34.8 Å². The Balaban J connectivity index is 1.43. The number of aryl methyl sites for hydroxylation is 1. The second kappa shape index (κ2) is 9.67. The van der Waals surface area contributed by atoms with Gasteiger partial charge in [-0.05, 0) is 55.2 Å². The van der Waals surface area contributed by atoms with Crippen molar-refractivity contribution in [1.29, 1.82) is 0 Å². The van der Waals surface area contributed by atoms with Crippen molar-refractivity contribution in [2.75, 3.05) is 6.54 Å². The molecule has 1 unspecified atom stereocenters. The molecule has 1 aromatic carbocycles. The van der Waals surface area contributed by atoms with E-state index in [1.54, 1.807) is 47.8 Å². The van der Waals surface area contributed by atoms with Crippen LogP contribution >= 0.6 is 22.9 Å². The lowest BCUT2D eigenvalue weighted by Gasteiger charge is -2.32. The van der Waals surface area contributed by atoms with Gasteiger partial charge in [0.05, 0.1) is 11.7 Å². The highest BCUT2D eigenvalue weighted by molar-refractivity contribution is 7.11. The molecular weight excluding hydrogens is 448 g/mol. The molecule has 0 saturated heterocycles. The Hall–Kier alpha value is -2.97. The largest absolute Gasteiger partial charge is 0.481 e. The Labute approximate surface area is 195 Å². The number of ether oxygens (including phenoxy) is 1. The molecular formula is C23H23ClN4O3S. The van der Waals surface area contributed by atoms with Crippen LogP contribution in [-0.4, -0.2) is 39.3 Å². The molecule has 166 valence electrons. The number of fused-ring (bicyclic) bond motifs is 1. The number of carbonyl (C=O) groups excluding carboxylic acids is 2. The third kappa shape index (κ3) is 4.92. The van der Waals surface area contributed by atoms with Crippen LogP contribution in [0.5, 0.6) is 5.75 Å². The Bertz CT molecular complexity index is 1140. The molecule has 0 fully saturated rings. The van der Waals surface area contributed by atoms with E-state index in [0.717, 1.165) is 22.4 Å². The van der Waals surface area contributed by atoms with Crippen LogP contribution in [-0.2, 0) is 24.3 Å². The summed E-state index contributed by atoms with van der Waals surface area (Å²) in [5, 5.41) is 3.52. The number of amides is 2. The van der Waals surface area contributed by atoms with E-state index in [1.807, 2.05) is 13.1 Å². The Morgan fingerprint density at radius 1 is 1.34 bits per heavy atom. The van der Waals surface area contributed by atoms with Crippen LogP contribution in [0.4, 0.5) is 0 Å². The van der Waals surface area contributed by atoms with Gasteiger partial charge in [-0.1, -0.05) is 17.7 Å². The lowest BCUT2D eigenvalue weighted by molar-refractivity contribution is -0.138. The van der Waals surface area contributed by atoms with Crippen molar-refractivity contribution in [3.8, 4) is 5.75 Å². The molecule has 1 atom stereocenters. The predicted octanol–water partition coefficient (Wildman–Crippen LogP) is 3.78. The van der Waals surface area contributed by atoms with Crippen LogP contribution in [0.1, 0.15) is 39.0 Å². The number of halogens is 1. The highest BCUT2D eigenvalue weighted by Gasteiger charge is 2.28. The van der Waals surface area contributed by atoms with Gasteiger partial charge in [-0.2, -0.15) is 0 Å². The second-order valence-corrected chi connectivity index (χ2v) is 8.92. The highest BCUT2D eigenvalue weighted by atomic mass is 35.5. The second-order valence-electron chi connectivity index (χ2n) is 7.60. The average Bonchev–Trinajstić information content (AvgIpc) is 3.32. The van der Waals surface area contributed by atoms with Gasteiger partial charge in [-0.25, -0.2) is 0 Å². The summed E-state index contributed by atoms with van der Waals surface area (Å²) in [6.07, 6.45) is 3.44. The third-order valence-electron chi connectivity index (χ3n) is 5.45. The van der Waals surface area contributed by atoms with Crippen LogP contribution in [0, 0.1) is 6.92 Å². The minimum atomic E-state index is -0.633. The van der Waals surface area contributed by atoms with E-state index in [0.29, 0.717) is 41.7 Å². The zero-order valence-electron chi connectivity index (χ0n) is 17.8. The molecule has 32 heavy (non-hydrogen) atoms. The van der Waals surface area contributed by atoms with Crippen LogP contribution in [0.15, 0.2) is 42.2 Å². The number of aromatic nitrogens is 2. The van der Waals surface area contributed by atoms with E-state index in [-0.39, 0.29) is 11.8 Å². The minimum Gasteiger partial charge on any atom is -0.481 e. The van der Waals surface area contributed by atoms with Gasteiger partial charge in [0.1, 0.15) is 10.6 Å². The molecule has 1 aliphatic rings. The summed E-state index contributed by atoms with van der Waals surface area (Å²) in [7, 11) is 0. The number of nitrogens with zero attached hydrogens (tertiary/aromatic N) is 3. The van der Waals surface area contributed by atoms with Crippen molar-refractivity contribution in [3.63, 3.8) is 0 Å². The average molecular weight is 471 g/mol. The monoisotopic (exact) mass is 470 g/mol. The van der Waals surface area contributed by atoms with Crippen LogP contribution < -0.4 is 10.1 Å². The summed E-state index contributed by atoms with van der Waals surface area (Å²) in [6, 6.07) is 7.01. The molecule has 9 heteroatoms. The van der Waals surface area contributed by atoms with E-state index in [1.165, 1.54) is 11.3 Å². The number of carbonyl (C=O) groups is 2. The Morgan fingerprint density at radius 2 is 2.19 bits per heavy atom. The van der Waals surface area contributed by atoms with Gasteiger partial charge in [0.25, 0.3) is 11.8 Å². The number of benzene rings is 1. The van der Waals surface area contributed by atoms with Crippen molar-refractivity contribution in [2.45, 2.75) is 39.5 Å². The molecule has 0 spiro atoms. The Morgan fingerprint density at radius 3 is 2.94 bits per heavy atom. The summed E-state index contributed by atoms with van der Waals surface area (Å²) >= 11 is 7.31. The van der Waals surface area contributed by atoms with Crippen molar-refractivity contribution in [1.82, 2.24) is 20.2 Å². The molecule has 1 aliphatic heterocycles. The van der Waals surface area contributed by atoms with E-state index in [9.17, 15) is 9.59 Å². The summed E-state index contributed by atoms with van der Waals surface area (Å²) in [4.78, 5) is 36.1. The normalized spacial score (nSPS) is 13.9. The first-order chi connectivity index (χ1) is 15.4. The first kappa shape index (κ1) is 22.2. The molecule has 4 rings (SSSR count). The number of thiazole rings is 1. The van der Waals surface area contributed by atoms with Gasteiger partial charge in [0.2, 0.25) is 0 Å². The molecule has 7 nitrogen and oxygen atoms in total. The van der Waals surface area contributed by atoms with Crippen LogP contribution in [0.25, 0.3) is 0 Å². The maximum atomic E-state index is 13.0. The summed E-state index contributed by atoms with van der Waals surface area (Å²) in [6.45, 7) is 5.11. The zero-order chi connectivity index (χ0) is 22.7. The van der Waals surface area contributed by atoms with Gasteiger partial charge in [0.15, 0.2) is 6.10 Å². The van der Waals surface area contributed by atoms with E-state index in [2.05, 4.69) is 15.3 Å². The van der Waals surface area contributed by atoms with Crippen LogP contribution in [0.3, 0.4) is 0 Å². The van der Waals surface area contributed by atoms with E-state index >= 15 is 0 Å². The lowest BCUT2D eigenvalue weighted by Crippen LogP contribution is -2.43. The van der Waals surface area contributed by atoms with Crippen molar-refractivity contribution < 1.29 is 14.3 Å². The van der Waals surface area contributed by atoms with Gasteiger partial charge in [-0.15, -0.1) is 11.3 Å². The molecule has 0 bridgehead atoms. The maximum Gasteiger partial charge on any atom is 0.263 e. The topological polar surface area (TPSA) is 84.4 Å². The molecule has 3 heterocycles. The number of hydrogen-bond acceptors (Lipinski definition) is 6. The molecule has 0 saturated carbocycles. The Kier molecular flexibility index (Phi) is 6.72. The minimum absolute atomic E-state index is 0.0868. The summed E-state index contributed by atoms with van der Waals surface area (Å²) in [5.74, 6) is 0.326. The quantitative estimate of drug-likeness (QED) is 0.592. The van der Waals surface area contributed by atoms with E-state index in [4.69, 9.17) is 16.3 Å². The number of nitrogens with one attached hydrogen (secondary N) is 1. The van der Waals surface area contributed by atoms with Crippen molar-refractivity contribution in [2.24, 2.45) is 0 Å². The smallest absolute Gasteiger partial charge is 0.263 e. The number of pyridine rings is 1. The number of hydrogen-bond donors (Lipinski definition) is 1. The van der Waals surface area contributed by atoms with Gasteiger partial charge >= 0.3 is 0 Å². The molecule has 0 radical (unpaired) electrons. The molecule has 1 N–H and O–H groups in total. The van der Waals surface area contributed by atoms with Gasteiger partial charge < -0.3 is 15.0 Å². The van der Waals surface area contributed by atoms with Gasteiger partial charge in [0, 0.05) is 36.5 Å². The summed E-state index contributed by atoms with van der Waals surface area (Å²) in [5.41, 5.74) is 5.66. The fourth-order valence-electron chi connectivity index (χ4n) is 3.78. The SMILES string of the molecule is Cc1ncc2c(c1CNC(=O)c1cncs1)CCN(C(=O)C(C)Oc1cccc(Cl)c1)C2. The maximum absolute atomic E-state index is 13.0. The van der Waals surface area contributed by atoms with Gasteiger partial charge in [-0.3, -0.25) is 19.6 Å². The number of rotatable bonds is 6. The zero-order valence-corrected chi connectivity index (χ0v) is 19.4. The third-order valence-corrected chi connectivity index (χ3v) is 6.45. The molecule has 2 aromatic heterocycles. The molecule has 3 aromatic rings. The fourth-order valence-corrected chi connectivity index (χ4v) is 4.50. The predicted molar refractivity (Wildman–Crippen MR) is 123 cm³/mol. The van der Waals surface area contributed by atoms with Crippen LogP contribution in [0.2, 0.25) is 5.02 Å². The molecule has 0 aliphatic carbocycles. The first-order valence-electron chi connectivity index (χ1n) is 10.3.